The van der Waals surface area contributed by atoms with Gasteiger partial charge >= 0.3 is 6.09 Å². The van der Waals surface area contributed by atoms with Crippen LogP contribution in [0.2, 0.25) is 0 Å². The van der Waals surface area contributed by atoms with Gasteiger partial charge in [-0.1, -0.05) is 0 Å². The molecule has 134 valence electrons. The number of allylic oxidation sites excluding steroid dienone is 2. The molecule has 4 rings (SSSR count). The SMILES string of the molecule is CC1OC(=O)NCCCOc2ccc3[nH]nc4c3c2C=C1C=C(F)C=C4. The van der Waals surface area contributed by atoms with E-state index in [1.54, 1.807) is 19.1 Å². The van der Waals surface area contributed by atoms with Gasteiger partial charge in [0.05, 0.1) is 17.8 Å². The number of rotatable bonds is 0. The number of aromatic amines is 1. The van der Waals surface area contributed by atoms with E-state index in [1.807, 2.05) is 12.1 Å². The molecule has 1 aromatic carbocycles. The first-order valence-corrected chi connectivity index (χ1v) is 8.47. The van der Waals surface area contributed by atoms with Crippen molar-refractivity contribution in [1.82, 2.24) is 15.5 Å². The van der Waals surface area contributed by atoms with Gasteiger partial charge in [0.25, 0.3) is 0 Å². The zero-order valence-electron chi connectivity index (χ0n) is 14.2. The van der Waals surface area contributed by atoms with Crippen LogP contribution in [0.3, 0.4) is 0 Å². The number of benzene rings is 1. The van der Waals surface area contributed by atoms with Crippen molar-refractivity contribution in [2.45, 2.75) is 19.4 Å². The van der Waals surface area contributed by atoms with E-state index in [1.165, 1.54) is 12.2 Å². The quantitative estimate of drug-likeness (QED) is 0.755. The van der Waals surface area contributed by atoms with Gasteiger partial charge in [-0.3, -0.25) is 5.10 Å². The number of cyclic esters (lactones) is 1. The standard InChI is InChI=1S/C19H18FN3O3/c1-11-12-9-13(20)3-4-15-18-14(10-12)17(6-5-16(18)23-22-15)25-8-2-7-21-19(24)26-11/h3-6,9-11H,2,7-8H2,1H3,(H,21,24)(H,22,23). The van der Waals surface area contributed by atoms with Crippen molar-refractivity contribution < 1.29 is 18.7 Å². The topological polar surface area (TPSA) is 76.2 Å². The maximum atomic E-state index is 14.3. The summed E-state index contributed by atoms with van der Waals surface area (Å²) in [6, 6.07) is 3.76. The number of hydrogen-bond donors (Lipinski definition) is 2. The Kier molecular flexibility index (Phi) is 4.20. The number of carbonyl (C=O) groups excluding carboxylic acids is 1. The predicted octanol–water partition coefficient (Wildman–Crippen LogP) is 3.72. The van der Waals surface area contributed by atoms with Crippen molar-refractivity contribution in [1.29, 1.82) is 0 Å². The zero-order chi connectivity index (χ0) is 18.1. The molecule has 2 aromatic rings. The van der Waals surface area contributed by atoms with E-state index in [0.29, 0.717) is 36.6 Å². The van der Waals surface area contributed by atoms with Gasteiger partial charge in [-0.2, -0.15) is 5.10 Å². The monoisotopic (exact) mass is 355 g/mol. The Morgan fingerprint density at radius 1 is 1.27 bits per heavy atom. The van der Waals surface area contributed by atoms with Gasteiger partial charge in [0.15, 0.2) is 0 Å². The Labute approximate surface area is 149 Å². The van der Waals surface area contributed by atoms with Crippen LogP contribution in [-0.2, 0) is 4.74 Å². The van der Waals surface area contributed by atoms with Crippen LogP contribution in [0.5, 0.6) is 5.75 Å². The number of aromatic nitrogens is 2. The first-order chi connectivity index (χ1) is 12.6. The summed E-state index contributed by atoms with van der Waals surface area (Å²) in [6.45, 7) is 2.58. The fourth-order valence-electron chi connectivity index (χ4n) is 3.06. The molecule has 2 N–H and O–H groups in total. The lowest BCUT2D eigenvalue weighted by molar-refractivity contribution is 0.123. The summed E-state index contributed by atoms with van der Waals surface area (Å²) in [5.74, 6) is 0.228. The molecule has 0 radical (unpaired) electrons. The van der Waals surface area contributed by atoms with E-state index in [2.05, 4.69) is 15.5 Å². The number of nitrogens with one attached hydrogen (secondary N) is 2. The third-order valence-electron chi connectivity index (χ3n) is 4.38. The summed E-state index contributed by atoms with van der Waals surface area (Å²) in [5, 5.41) is 10.7. The second-order valence-corrected chi connectivity index (χ2v) is 6.19. The van der Waals surface area contributed by atoms with Crippen LogP contribution in [0.1, 0.15) is 24.6 Å². The lowest BCUT2D eigenvalue weighted by Gasteiger charge is -2.18. The van der Waals surface area contributed by atoms with Crippen LogP contribution < -0.4 is 10.1 Å². The molecule has 2 heterocycles. The number of alkyl carbamates (subject to hydrolysis) is 1. The number of halogens is 1. The van der Waals surface area contributed by atoms with Crippen molar-refractivity contribution in [3.63, 3.8) is 0 Å². The van der Waals surface area contributed by atoms with Gasteiger partial charge in [-0.05, 0) is 55.4 Å². The normalized spacial score (nSPS) is 20.4. The minimum Gasteiger partial charge on any atom is -0.493 e. The number of nitrogens with zero attached hydrogens (tertiary/aromatic N) is 1. The minimum atomic E-state index is -0.634. The molecule has 1 aliphatic heterocycles. The Hall–Kier alpha value is -3.09. The Morgan fingerprint density at radius 3 is 3.04 bits per heavy atom. The fraction of sp³-hybridized carbons (Fsp3) is 0.263. The molecule has 1 aliphatic carbocycles. The van der Waals surface area contributed by atoms with Crippen LogP contribution >= 0.6 is 0 Å². The van der Waals surface area contributed by atoms with E-state index in [0.717, 1.165) is 16.5 Å². The molecule has 2 bridgehead atoms. The van der Waals surface area contributed by atoms with Crippen molar-refractivity contribution in [2.24, 2.45) is 0 Å². The summed E-state index contributed by atoms with van der Waals surface area (Å²) in [4.78, 5) is 11.9. The molecule has 0 saturated heterocycles. The second kappa shape index (κ2) is 6.67. The van der Waals surface area contributed by atoms with E-state index in [-0.39, 0.29) is 0 Å². The Balaban J connectivity index is 1.96. The lowest BCUT2D eigenvalue weighted by Crippen LogP contribution is -2.30. The third kappa shape index (κ3) is 3.08. The van der Waals surface area contributed by atoms with Crippen LogP contribution in [0.15, 0.2) is 35.7 Å². The van der Waals surface area contributed by atoms with E-state index in [9.17, 15) is 9.18 Å². The molecule has 1 unspecified atom stereocenters. The largest absolute Gasteiger partial charge is 0.493 e. The maximum absolute atomic E-state index is 14.3. The van der Waals surface area contributed by atoms with E-state index >= 15 is 0 Å². The summed E-state index contributed by atoms with van der Waals surface area (Å²) in [7, 11) is 0. The first kappa shape index (κ1) is 16.4. The molecule has 6 nitrogen and oxygen atoms in total. The molecule has 1 aromatic heterocycles. The molecule has 0 saturated carbocycles. The maximum Gasteiger partial charge on any atom is 0.407 e. The molecular formula is C19H18FN3O3. The van der Waals surface area contributed by atoms with Crippen molar-refractivity contribution in [2.75, 3.05) is 13.2 Å². The zero-order valence-corrected chi connectivity index (χ0v) is 14.2. The van der Waals surface area contributed by atoms with Crippen LogP contribution in [0.25, 0.3) is 23.1 Å². The Morgan fingerprint density at radius 2 is 2.15 bits per heavy atom. The third-order valence-corrected chi connectivity index (χ3v) is 4.38. The number of hydrogen-bond acceptors (Lipinski definition) is 4. The van der Waals surface area contributed by atoms with Gasteiger partial charge in [-0.15, -0.1) is 0 Å². The predicted molar refractivity (Wildman–Crippen MR) is 96.4 cm³/mol. The molecule has 2 aliphatic rings. The van der Waals surface area contributed by atoms with Crippen LogP contribution in [0, 0.1) is 0 Å². The number of carbonyl (C=O) groups is 1. The van der Waals surface area contributed by atoms with Gasteiger partial charge in [0.1, 0.15) is 17.7 Å². The van der Waals surface area contributed by atoms with Crippen LogP contribution in [-0.4, -0.2) is 35.5 Å². The van der Waals surface area contributed by atoms with Crippen molar-refractivity contribution in [3.05, 3.63) is 46.9 Å². The fourth-order valence-corrected chi connectivity index (χ4v) is 3.06. The van der Waals surface area contributed by atoms with Gasteiger partial charge in [-0.25, -0.2) is 9.18 Å². The second-order valence-electron chi connectivity index (χ2n) is 6.19. The molecule has 0 spiro atoms. The summed E-state index contributed by atoms with van der Waals surface area (Å²) < 4.78 is 25.6. The number of H-pyrrole nitrogens is 1. The number of amides is 1. The lowest BCUT2D eigenvalue weighted by atomic mass is 10.0. The highest BCUT2D eigenvalue weighted by atomic mass is 19.1. The first-order valence-electron chi connectivity index (χ1n) is 8.47. The van der Waals surface area contributed by atoms with Crippen molar-refractivity contribution in [3.8, 4) is 5.75 Å². The van der Waals surface area contributed by atoms with E-state index < -0.39 is 18.0 Å². The molecule has 7 heteroatoms. The Bertz CT molecular complexity index is 958. The molecular weight excluding hydrogens is 337 g/mol. The highest BCUT2D eigenvalue weighted by molar-refractivity contribution is 5.97. The van der Waals surface area contributed by atoms with Crippen LogP contribution in [0.4, 0.5) is 9.18 Å². The summed E-state index contributed by atoms with van der Waals surface area (Å²) in [5.41, 5.74) is 2.76. The molecule has 26 heavy (non-hydrogen) atoms. The average Bonchev–Trinajstić information content (AvgIpc) is 3.04. The van der Waals surface area contributed by atoms with E-state index in [4.69, 9.17) is 9.47 Å². The molecule has 0 fully saturated rings. The van der Waals surface area contributed by atoms with Gasteiger partial charge < -0.3 is 14.8 Å². The number of ether oxygens (including phenoxy) is 2. The molecule has 1 amide bonds. The highest BCUT2D eigenvalue weighted by Gasteiger charge is 2.19. The summed E-state index contributed by atoms with van der Waals surface area (Å²) >= 11 is 0. The smallest absolute Gasteiger partial charge is 0.407 e. The van der Waals surface area contributed by atoms with Gasteiger partial charge in [0, 0.05) is 17.5 Å². The van der Waals surface area contributed by atoms with Gasteiger partial charge in [0.2, 0.25) is 0 Å². The summed E-state index contributed by atoms with van der Waals surface area (Å²) in [6.07, 6.45) is 5.59. The molecule has 1 atom stereocenters. The highest BCUT2D eigenvalue weighted by Crippen LogP contribution is 2.34. The van der Waals surface area contributed by atoms with Crippen molar-refractivity contribution >= 4 is 29.1 Å². The average molecular weight is 355 g/mol. The minimum absolute atomic E-state index is 0.435.